The van der Waals surface area contributed by atoms with Gasteiger partial charge in [0.15, 0.2) is 0 Å². The minimum absolute atomic E-state index is 0.366. The zero-order valence-electron chi connectivity index (χ0n) is 14.2. The number of hydrogen-bond donors (Lipinski definition) is 0. The molecule has 1 aromatic heterocycles. The zero-order chi connectivity index (χ0) is 17.3. The number of carbonyl (C=O) groups is 1. The third kappa shape index (κ3) is 3.11. The van der Waals surface area contributed by atoms with Gasteiger partial charge >= 0.3 is 0 Å². The van der Waals surface area contributed by atoms with Gasteiger partial charge in [0.1, 0.15) is 5.75 Å². The van der Waals surface area contributed by atoms with Gasteiger partial charge in [0.2, 0.25) is 0 Å². The molecule has 0 atom stereocenters. The molecule has 1 amide bonds. The molecule has 1 aliphatic heterocycles. The summed E-state index contributed by atoms with van der Waals surface area (Å²) in [5.74, 6) is 1.49. The SMILES string of the molecule is COc1ccc(-n2c(C)cc(C(=O)N=S3(=O)CCCC3)c2C)cc1. The minimum Gasteiger partial charge on any atom is -0.497 e. The van der Waals surface area contributed by atoms with E-state index in [0.717, 1.165) is 35.7 Å². The first-order valence-electron chi connectivity index (χ1n) is 8.04. The van der Waals surface area contributed by atoms with E-state index in [0.29, 0.717) is 17.1 Å². The summed E-state index contributed by atoms with van der Waals surface area (Å²) in [6, 6.07) is 9.48. The summed E-state index contributed by atoms with van der Waals surface area (Å²) in [6.07, 6.45) is 1.78. The molecule has 1 aliphatic rings. The van der Waals surface area contributed by atoms with Gasteiger partial charge in [-0.3, -0.25) is 4.79 Å². The molecule has 0 bridgehead atoms. The third-order valence-electron chi connectivity index (χ3n) is 4.42. The van der Waals surface area contributed by atoms with Gasteiger partial charge in [-0.2, -0.15) is 4.36 Å². The van der Waals surface area contributed by atoms with Crippen molar-refractivity contribution in [1.29, 1.82) is 0 Å². The normalized spacial score (nSPS) is 16.1. The van der Waals surface area contributed by atoms with E-state index in [2.05, 4.69) is 4.36 Å². The Morgan fingerprint density at radius 2 is 1.79 bits per heavy atom. The Bertz CT molecular complexity index is 876. The predicted octanol–water partition coefficient (Wildman–Crippen LogP) is 3.50. The Hall–Kier alpha value is -2.08. The number of hydrogen-bond acceptors (Lipinski definition) is 3. The number of rotatable bonds is 3. The Balaban J connectivity index is 2.00. The molecule has 0 N–H and O–H groups in total. The minimum atomic E-state index is -2.35. The average molecular weight is 346 g/mol. The van der Waals surface area contributed by atoms with Crippen LogP contribution < -0.4 is 4.74 Å². The molecular weight excluding hydrogens is 324 g/mol. The molecule has 128 valence electrons. The van der Waals surface area contributed by atoms with E-state index >= 15 is 0 Å². The first kappa shape index (κ1) is 16.8. The van der Waals surface area contributed by atoms with Crippen molar-refractivity contribution in [1.82, 2.24) is 4.57 Å². The highest BCUT2D eigenvalue weighted by Crippen LogP contribution is 2.24. The molecule has 0 aliphatic carbocycles. The molecular formula is C18H22N2O3S. The first-order chi connectivity index (χ1) is 11.4. The summed E-state index contributed by atoms with van der Waals surface area (Å²) in [4.78, 5) is 12.5. The lowest BCUT2D eigenvalue weighted by Gasteiger charge is -2.10. The molecule has 6 heteroatoms. The standard InChI is InChI=1S/C18H22N2O3S/c1-13-12-17(18(21)19-24(22)10-4-5-11-24)14(2)20(13)15-6-8-16(23-3)9-7-15/h6-9,12H,4-5,10-11H2,1-3H3. The van der Waals surface area contributed by atoms with Gasteiger partial charge in [0.05, 0.1) is 22.4 Å². The van der Waals surface area contributed by atoms with Crippen molar-refractivity contribution in [2.45, 2.75) is 26.7 Å². The fourth-order valence-electron chi connectivity index (χ4n) is 3.16. The van der Waals surface area contributed by atoms with Crippen molar-refractivity contribution in [3.8, 4) is 11.4 Å². The van der Waals surface area contributed by atoms with E-state index in [-0.39, 0.29) is 5.91 Å². The number of nitrogens with zero attached hydrogens (tertiary/aromatic N) is 2. The molecule has 1 aromatic carbocycles. The molecule has 2 heterocycles. The van der Waals surface area contributed by atoms with Crippen molar-refractivity contribution in [2.24, 2.45) is 4.36 Å². The van der Waals surface area contributed by atoms with Gasteiger partial charge in [0, 0.05) is 28.6 Å². The van der Waals surface area contributed by atoms with Crippen LogP contribution in [0.3, 0.4) is 0 Å². The van der Waals surface area contributed by atoms with Crippen LogP contribution in [0.5, 0.6) is 5.75 Å². The Morgan fingerprint density at radius 3 is 2.38 bits per heavy atom. The lowest BCUT2D eigenvalue weighted by atomic mass is 10.2. The molecule has 0 saturated carbocycles. The Labute approximate surface area is 142 Å². The zero-order valence-corrected chi connectivity index (χ0v) is 15.1. The fraction of sp³-hybridized carbons (Fsp3) is 0.389. The fourth-order valence-corrected chi connectivity index (χ4v) is 5.25. The van der Waals surface area contributed by atoms with Crippen molar-refractivity contribution in [3.63, 3.8) is 0 Å². The Kier molecular flexibility index (Phi) is 4.49. The van der Waals surface area contributed by atoms with Gasteiger partial charge < -0.3 is 9.30 Å². The molecule has 5 nitrogen and oxygen atoms in total. The molecule has 24 heavy (non-hydrogen) atoms. The second-order valence-corrected chi connectivity index (χ2v) is 8.65. The van der Waals surface area contributed by atoms with Crippen LogP contribution in [0.4, 0.5) is 0 Å². The average Bonchev–Trinajstić information content (AvgIpc) is 3.11. The second-order valence-electron chi connectivity index (χ2n) is 6.10. The van der Waals surface area contributed by atoms with Crippen molar-refractivity contribution >= 4 is 15.6 Å². The maximum atomic E-state index is 12.5. The van der Waals surface area contributed by atoms with Crippen LogP contribution in [0.25, 0.3) is 5.69 Å². The summed E-state index contributed by atoms with van der Waals surface area (Å²) in [6.45, 7) is 3.84. The van der Waals surface area contributed by atoms with Gasteiger partial charge in [0.25, 0.3) is 5.91 Å². The first-order valence-corrected chi connectivity index (χ1v) is 9.89. The van der Waals surface area contributed by atoms with Gasteiger partial charge in [-0.25, -0.2) is 4.21 Å². The van der Waals surface area contributed by atoms with Crippen LogP contribution in [0, 0.1) is 13.8 Å². The van der Waals surface area contributed by atoms with Gasteiger partial charge in [-0.1, -0.05) is 0 Å². The number of benzene rings is 1. The third-order valence-corrected chi connectivity index (χ3v) is 6.77. The molecule has 1 fully saturated rings. The van der Waals surface area contributed by atoms with E-state index in [1.807, 2.05) is 48.7 Å². The number of aromatic nitrogens is 1. The van der Waals surface area contributed by atoms with Gasteiger partial charge in [-0.05, 0) is 57.0 Å². The van der Waals surface area contributed by atoms with Crippen molar-refractivity contribution < 1.29 is 13.7 Å². The van der Waals surface area contributed by atoms with E-state index in [9.17, 15) is 9.00 Å². The number of aryl methyl sites for hydroxylation is 1. The number of ether oxygens (including phenoxy) is 1. The largest absolute Gasteiger partial charge is 0.497 e. The van der Waals surface area contributed by atoms with Crippen LogP contribution in [0.2, 0.25) is 0 Å². The van der Waals surface area contributed by atoms with E-state index in [4.69, 9.17) is 4.74 Å². The monoisotopic (exact) mass is 346 g/mol. The van der Waals surface area contributed by atoms with Crippen LogP contribution >= 0.6 is 0 Å². The van der Waals surface area contributed by atoms with Crippen molar-refractivity contribution in [3.05, 3.63) is 47.3 Å². The smallest absolute Gasteiger partial charge is 0.286 e. The molecule has 0 radical (unpaired) electrons. The van der Waals surface area contributed by atoms with Crippen LogP contribution in [-0.4, -0.2) is 33.3 Å². The van der Waals surface area contributed by atoms with E-state index in [1.165, 1.54) is 0 Å². The molecule has 1 saturated heterocycles. The highest BCUT2D eigenvalue weighted by molar-refractivity contribution is 7.94. The quantitative estimate of drug-likeness (QED) is 0.854. The second kappa shape index (κ2) is 6.43. The summed E-state index contributed by atoms with van der Waals surface area (Å²) < 4.78 is 23.8. The van der Waals surface area contributed by atoms with Crippen molar-refractivity contribution in [2.75, 3.05) is 18.6 Å². The summed E-state index contributed by atoms with van der Waals surface area (Å²) in [5, 5.41) is 0. The number of carbonyl (C=O) groups excluding carboxylic acids is 1. The lowest BCUT2D eigenvalue weighted by molar-refractivity contribution is 0.100. The summed E-state index contributed by atoms with van der Waals surface area (Å²) in [5.41, 5.74) is 3.23. The van der Waals surface area contributed by atoms with E-state index in [1.54, 1.807) is 7.11 Å². The summed E-state index contributed by atoms with van der Waals surface area (Å²) in [7, 11) is -0.717. The van der Waals surface area contributed by atoms with Gasteiger partial charge in [-0.15, -0.1) is 0 Å². The maximum Gasteiger partial charge on any atom is 0.286 e. The highest BCUT2D eigenvalue weighted by atomic mass is 32.2. The molecule has 0 spiro atoms. The number of methoxy groups -OCH3 is 1. The van der Waals surface area contributed by atoms with Crippen LogP contribution in [-0.2, 0) is 9.73 Å². The topological polar surface area (TPSA) is 60.7 Å². The molecule has 0 unspecified atom stereocenters. The highest BCUT2D eigenvalue weighted by Gasteiger charge is 2.21. The van der Waals surface area contributed by atoms with Crippen LogP contribution in [0.15, 0.2) is 34.7 Å². The predicted molar refractivity (Wildman–Crippen MR) is 95.7 cm³/mol. The van der Waals surface area contributed by atoms with Crippen LogP contribution in [0.1, 0.15) is 34.6 Å². The number of amides is 1. The molecule has 3 rings (SSSR count). The Morgan fingerprint density at radius 1 is 1.17 bits per heavy atom. The molecule has 2 aromatic rings. The summed E-state index contributed by atoms with van der Waals surface area (Å²) >= 11 is 0. The lowest BCUT2D eigenvalue weighted by Crippen LogP contribution is -2.07. The maximum absolute atomic E-state index is 12.5. The van der Waals surface area contributed by atoms with E-state index < -0.39 is 9.73 Å².